The van der Waals surface area contributed by atoms with Crippen molar-refractivity contribution >= 4 is 39.3 Å². The van der Waals surface area contributed by atoms with Crippen molar-refractivity contribution in [1.82, 2.24) is 4.72 Å². The smallest absolute Gasteiger partial charge is 0.422 e. The van der Waals surface area contributed by atoms with Gasteiger partial charge in [-0.25, -0.2) is 9.52 Å². The van der Waals surface area contributed by atoms with Gasteiger partial charge in [-0.3, -0.25) is 9.52 Å². The molecule has 1 aliphatic heterocycles. The lowest BCUT2D eigenvalue weighted by Crippen LogP contribution is -2.39. The number of carbonyl (C=O) groups excluding carboxylic acids is 2. The molecule has 0 atom stereocenters. The highest BCUT2D eigenvalue weighted by Crippen LogP contribution is 2.45. The number of ether oxygens (including phenoxy) is 1. The lowest BCUT2D eigenvalue weighted by Gasteiger charge is -2.28. The number of unbranched alkanes of at least 4 members (excludes halogenated alkanes) is 5. The topological polar surface area (TPSA) is 137 Å². The van der Waals surface area contributed by atoms with E-state index in [0.717, 1.165) is 49.2 Å². The summed E-state index contributed by atoms with van der Waals surface area (Å²) in [6.07, 6.45) is 6.83. The van der Waals surface area contributed by atoms with E-state index in [1.807, 2.05) is 32.4 Å². The maximum absolute atomic E-state index is 13.1. The maximum Gasteiger partial charge on any atom is 0.422 e. The van der Waals surface area contributed by atoms with Crippen molar-refractivity contribution in [3.63, 3.8) is 0 Å². The van der Waals surface area contributed by atoms with Crippen LogP contribution in [-0.4, -0.2) is 49.8 Å². The van der Waals surface area contributed by atoms with Gasteiger partial charge in [0.1, 0.15) is 5.60 Å². The van der Waals surface area contributed by atoms with Gasteiger partial charge >= 0.3 is 16.3 Å². The molecule has 0 bridgehead atoms. The lowest BCUT2D eigenvalue weighted by molar-refractivity contribution is -0.123. The predicted molar refractivity (Wildman–Crippen MR) is 177 cm³/mol. The second kappa shape index (κ2) is 15.5. The minimum absolute atomic E-state index is 0.154. The van der Waals surface area contributed by atoms with Crippen LogP contribution in [0.1, 0.15) is 124 Å². The summed E-state index contributed by atoms with van der Waals surface area (Å²) in [4.78, 5) is 27.5. The van der Waals surface area contributed by atoms with Crippen molar-refractivity contribution in [2.45, 2.75) is 139 Å². The van der Waals surface area contributed by atoms with Crippen molar-refractivity contribution in [2.75, 3.05) is 28.0 Å². The normalized spacial score (nSPS) is 13.6. The summed E-state index contributed by atoms with van der Waals surface area (Å²) in [5, 5.41) is 11.6. The molecule has 43 heavy (non-hydrogen) atoms. The number of anilines is 3. The summed E-state index contributed by atoms with van der Waals surface area (Å²) >= 11 is 0. The van der Waals surface area contributed by atoms with Crippen LogP contribution in [0.15, 0.2) is 0 Å². The molecule has 1 aliphatic rings. The third-order valence-electron chi connectivity index (χ3n) is 6.60. The van der Waals surface area contributed by atoms with E-state index in [1.54, 1.807) is 48.5 Å². The van der Waals surface area contributed by atoms with Crippen LogP contribution in [0.2, 0.25) is 0 Å². The molecule has 0 saturated heterocycles. The summed E-state index contributed by atoms with van der Waals surface area (Å²) < 4.78 is 35.3. The second-order valence-electron chi connectivity index (χ2n) is 14.4. The molecule has 11 heteroatoms. The Hall–Kier alpha value is -2.53. The molecule has 10 nitrogen and oxygen atoms in total. The van der Waals surface area contributed by atoms with Gasteiger partial charge in [-0.2, -0.15) is 8.42 Å². The van der Waals surface area contributed by atoms with Gasteiger partial charge in [0.2, 0.25) is 5.91 Å². The van der Waals surface area contributed by atoms with E-state index >= 15 is 0 Å². The van der Waals surface area contributed by atoms with Crippen LogP contribution in [0, 0.1) is 19.3 Å². The van der Waals surface area contributed by atoms with Crippen molar-refractivity contribution in [3.8, 4) is 0 Å². The molecule has 1 heterocycles. The highest BCUT2D eigenvalue weighted by atomic mass is 32.2. The minimum atomic E-state index is -4.28. The molecular formula is C32H58N4O6S. The van der Waals surface area contributed by atoms with Gasteiger partial charge in [0.05, 0.1) is 22.7 Å². The summed E-state index contributed by atoms with van der Waals surface area (Å²) in [6.45, 7) is 23.3. The monoisotopic (exact) mass is 626 g/mol. The standard InChI is InChI=1S/C28H48N4O5S.C4H10O/c1-10-11-12-13-14-15-17-32-18-16-21-19(2)22(30-38(35,36)31-26(34)37-28(7,8)9)20(3)23(24(21)32)29-25(33)27(4,5)6;1-4(2,3)5/h30H,10-18H2,1-9H3,(H,29,33)(H,31,34);5H,1-3H3. The van der Waals surface area contributed by atoms with Crippen LogP contribution in [0.3, 0.4) is 0 Å². The number of benzene rings is 1. The number of amides is 2. The van der Waals surface area contributed by atoms with Crippen LogP contribution < -0.4 is 19.7 Å². The third-order valence-corrected chi connectivity index (χ3v) is 7.51. The van der Waals surface area contributed by atoms with Gasteiger partial charge in [0, 0.05) is 18.5 Å². The minimum Gasteiger partial charge on any atom is -0.443 e. The van der Waals surface area contributed by atoms with Crippen LogP contribution in [0.5, 0.6) is 0 Å². The predicted octanol–water partition coefficient (Wildman–Crippen LogP) is 6.97. The zero-order valence-electron chi connectivity index (χ0n) is 28.7. The van der Waals surface area contributed by atoms with Gasteiger partial charge in [-0.1, -0.05) is 59.8 Å². The summed E-state index contributed by atoms with van der Waals surface area (Å²) in [5.41, 5.74) is 2.34. The Morgan fingerprint density at radius 3 is 1.93 bits per heavy atom. The molecule has 2 amide bonds. The summed E-state index contributed by atoms with van der Waals surface area (Å²) in [6, 6.07) is 0. The molecule has 248 valence electrons. The van der Waals surface area contributed by atoms with Crippen molar-refractivity contribution in [2.24, 2.45) is 5.41 Å². The molecule has 0 fully saturated rings. The Labute approximate surface area is 260 Å². The summed E-state index contributed by atoms with van der Waals surface area (Å²) in [5.74, 6) is -0.154. The number of fused-ring (bicyclic) bond motifs is 1. The van der Waals surface area contributed by atoms with Gasteiger partial charge in [-0.05, 0) is 84.9 Å². The first-order valence-electron chi connectivity index (χ1n) is 15.4. The quantitative estimate of drug-likeness (QED) is 0.195. The van der Waals surface area contributed by atoms with E-state index in [4.69, 9.17) is 9.84 Å². The molecule has 0 spiro atoms. The zero-order chi connectivity index (χ0) is 33.4. The Balaban J connectivity index is 0.00000170. The zero-order valence-corrected chi connectivity index (χ0v) is 29.5. The maximum atomic E-state index is 13.1. The second-order valence-corrected chi connectivity index (χ2v) is 15.8. The van der Waals surface area contributed by atoms with Crippen LogP contribution in [0.25, 0.3) is 0 Å². The fourth-order valence-electron chi connectivity index (χ4n) is 4.56. The average Bonchev–Trinajstić information content (AvgIpc) is 3.22. The number of nitrogens with one attached hydrogen (secondary N) is 3. The Morgan fingerprint density at radius 1 is 0.884 bits per heavy atom. The number of nitrogens with zero attached hydrogens (tertiary/aromatic N) is 1. The molecule has 0 radical (unpaired) electrons. The molecule has 0 saturated carbocycles. The van der Waals surface area contributed by atoms with E-state index in [-0.39, 0.29) is 5.91 Å². The highest BCUT2D eigenvalue weighted by molar-refractivity contribution is 7.91. The van der Waals surface area contributed by atoms with Gasteiger partial charge in [0.15, 0.2) is 0 Å². The molecule has 2 rings (SSSR count). The molecule has 0 aliphatic carbocycles. The largest absolute Gasteiger partial charge is 0.443 e. The number of hydrogen-bond acceptors (Lipinski definition) is 7. The molecule has 0 aromatic heterocycles. The van der Waals surface area contributed by atoms with Gasteiger partial charge in [-0.15, -0.1) is 0 Å². The van der Waals surface area contributed by atoms with Crippen molar-refractivity contribution in [1.29, 1.82) is 0 Å². The van der Waals surface area contributed by atoms with Crippen LogP contribution in [-0.2, 0) is 26.2 Å². The Bertz CT molecular complexity index is 1200. The molecule has 0 unspecified atom stereocenters. The molecular weight excluding hydrogens is 568 g/mol. The molecule has 1 aromatic rings. The van der Waals surface area contributed by atoms with E-state index in [0.29, 0.717) is 16.9 Å². The number of carbonyl (C=O) groups is 2. The summed E-state index contributed by atoms with van der Waals surface area (Å²) in [7, 11) is -4.28. The van der Waals surface area contributed by atoms with Gasteiger partial charge in [0.25, 0.3) is 0 Å². The number of aliphatic hydroxyl groups is 1. The van der Waals surface area contributed by atoms with Crippen molar-refractivity contribution in [3.05, 3.63) is 16.7 Å². The molecule has 1 aromatic carbocycles. The fraction of sp³-hybridized carbons (Fsp3) is 0.750. The fourth-order valence-corrected chi connectivity index (χ4v) is 5.45. The Kier molecular flexibility index (Phi) is 13.8. The van der Waals surface area contributed by atoms with E-state index in [2.05, 4.69) is 21.9 Å². The van der Waals surface area contributed by atoms with Crippen LogP contribution >= 0.6 is 0 Å². The average molecular weight is 627 g/mol. The van der Waals surface area contributed by atoms with E-state index in [9.17, 15) is 18.0 Å². The van der Waals surface area contributed by atoms with E-state index < -0.39 is 32.9 Å². The Morgan fingerprint density at radius 2 is 1.42 bits per heavy atom. The van der Waals surface area contributed by atoms with Crippen molar-refractivity contribution < 1.29 is 27.9 Å². The first kappa shape index (κ1) is 38.5. The highest BCUT2D eigenvalue weighted by Gasteiger charge is 2.32. The number of hydrogen-bond donors (Lipinski definition) is 4. The molecule has 4 N–H and O–H groups in total. The SMILES string of the molecule is CC(C)(C)O.CCCCCCCCN1CCc2c(C)c(NS(=O)(=O)NC(=O)OC(C)(C)C)c(C)c(NC(=O)C(C)(C)C)c21. The first-order valence-corrected chi connectivity index (χ1v) is 16.9. The number of rotatable bonds is 11. The van der Waals surface area contributed by atoms with Gasteiger partial charge < -0.3 is 20.1 Å². The third kappa shape index (κ3) is 13.8. The lowest BCUT2D eigenvalue weighted by atomic mass is 9.94. The first-order chi connectivity index (χ1) is 19.5. The van der Waals surface area contributed by atoms with Crippen LogP contribution in [0.4, 0.5) is 21.9 Å². The van der Waals surface area contributed by atoms with E-state index in [1.165, 1.54) is 25.7 Å².